The topological polar surface area (TPSA) is 40.5 Å². The molecule has 0 aromatic carbocycles. The molecule has 1 atom stereocenters. The van der Waals surface area contributed by atoms with E-state index in [2.05, 4.69) is 0 Å². The van der Waals surface area contributed by atoms with Crippen molar-refractivity contribution in [3.05, 3.63) is 23.5 Å². The predicted octanol–water partition coefficient (Wildman–Crippen LogP) is 2.70. The first-order chi connectivity index (χ1) is 6.77. The number of aliphatic hydroxyl groups excluding tert-OH is 2. The second-order valence-electron chi connectivity index (χ2n) is 4.37. The van der Waals surface area contributed by atoms with Gasteiger partial charge in [-0.3, -0.25) is 0 Å². The van der Waals surface area contributed by atoms with Gasteiger partial charge in [-0.25, -0.2) is 0 Å². The Labute approximate surface area is 85.0 Å². The highest BCUT2D eigenvalue weighted by atomic mass is 16.3. The molecule has 0 spiro atoms. The SMILES string of the molecule is OC1=C(C2CCCCC2)C=CC(O)C1. The molecule has 1 saturated carbocycles. The summed E-state index contributed by atoms with van der Waals surface area (Å²) in [6, 6.07) is 0. The molecule has 1 unspecified atom stereocenters. The van der Waals surface area contributed by atoms with Gasteiger partial charge in [0.1, 0.15) is 0 Å². The first-order valence-corrected chi connectivity index (χ1v) is 5.55. The third-order valence-electron chi connectivity index (χ3n) is 3.28. The summed E-state index contributed by atoms with van der Waals surface area (Å²) in [4.78, 5) is 0. The van der Waals surface area contributed by atoms with Gasteiger partial charge in [0.2, 0.25) is 0 Å². The van der Waals surface area contributed by atoms with Gasteiger partial charge < -0.3 is 10.2 Å². The van der Waals surface area contributed by atoms with Crippen LogP contribution in [-0.4, -0.2) is 16.3 Å². The molecular formula is C12H18O2. The zero-order valence-corrected chi connectivity index (χ0v) is 8.45. The zero-order chi connectivity index (χ0) is 9.97. The smallest absolute Gasteiger partial charge is 0.0986 e. The van der Waals surface area contributed by atoms with Gasteiger partial charge in [0.25, 0.3) is 0 Å². The van der Waals surface area contributed by atoms with E-state index in [0.29, 0.717) is 18.1 Å². The summed E-state index contributed by atoms with van der Waals surface area (Å²) in [7, 11) is 0. The van der Waals surface area contributed by atoms with Crippen LogP contribution in [0.1, 0.15) is 38.5 Å². The minimum absolute atomic E-state index is 0.405. The summed E-state index contributed by atoms with van der Waals surface area (Å²) in [5.41, 5.74) is 1.08. The Balaban J connectivity index is 2.09. The molecule has 1 fully saturated rings. The first-order valence-electron chi connectivity index (χ1n) is 5.55. The first kappa shape index (κ1) is 9.78. The molecule has 14 heavy (non-hydrogen) atoms. The van der Waals surface area contributed by atoms with Crippen LogP contribution in [0.5, 0.6) is 0 Å². The van der Waals surface area contributed by atoms with Crippen LogP contribution < -0.4 is 0 Å². The summed E-state index contributed by atoms with van der Waals surface area (Å²) in [5.74, 6) is 0.944. The maximum Gasteiger partial charge on any atom is 0.0986 e. The van der Waals surface area contributed by atoms with Gasteiger partial charge in [-0.05, 0) is 24.3 Å². The predicted molar refractivity (Wildman–Crippen MR) is 56.0 cm³/mol. The highest BCUT2D eigenvalue weighted by Crippen LogP contribution is 2.34. The molecule has 0 aliphatic heterocycles. The summed E-state index contributed by atoms with van der Waals surface area (Å²) >= 11 is 0. The number of hydrogen-bond acceptors (Lipinski definition) is 2. The van der Waals surface area contributed by atoms with Crippen LogP contribution in [0.25, 0.3) is 0 Å². The van der Waals surface area contributed by atoms with Crippen molar-refractivity contribution in [1.29, 1.82) is 0 Å². The molecule has 0 bridgehead atoms. The maximum absolute atomic E-state index is 9.76. The lowest BCUT2D eigenvalue weighted by Gasteiger charge is -2.26. The lowest BCUT2D eigenvalue weighted by Crippen LogP contribution is -2.16. The normalized spacial score (nSPS) is 29.6. The van der Waals surface area contributed by atoms with Gasteiger partial charge in [0.15, 0.2) is 0 Å². The fraction of sp³-hybridized carbons (Fsp3) is 0.667. The second kappa shape index (κ2) is 4.18. The number of rotatable bonds is 1. The van der Waals surface area contributed by atoms with Crippen molar-refractivity contribution in [2.45, 2.75) is 44.6 Å². The number of hydrogen-bond donors (Lipinski definition) is 2. The summed E-state index contributed by atoms with van der Waals surface area (Å²) in [6.07, 6.45) is 9.90. The minimum atomic E-state index is -0.484. The van der Waals surface area contributed by atoms with Crippen molar-refractivity contribution < 1.29 is 10.2 Å². The molecule has 0 saturated heterocycles. The van der Waals surface area contributed by atoms with Gasteiger partial charge in [0, 0.05) is 6.42 Å². The largest absolute Gasteiger partial charge is 0.512 e. The van der Waals surface area contributed by atoms with Crippen molar-refractivity contribution >= 4 is 0 Å². The molecule has 0 radical (unpaired) electrons. The van der Waals surface area contributed by atoms with E-state index in [1.165, 1.54) is 32.1 Å². The summed E-state index contributed by atoms with van der Waals surface area (Å²) in [5, 5.41) is 19.1. The fourth-order valence-corrected chi connectivity index (χ4v) is 2.48. The van der Waals surface area contributed by atoms with Crippen molar-refractivity contribution in [3.8, 4) is 0 Å². The van der Waals surface area contributed by atoms with Crippen LogP contribution in [0.2, 0.25) is 0 Å². The van der Waals surface area contributed by atoms with Crippen LogP contribution in [0.3, 0.4) is 0 Å². The zero-order valence-electron chi connectivity index (χ0n) is 8.45. The van der Waals surface area contributed by atoms with Crippen molar-refractivity contribution in [1.82, 2.24) is 0 Å². The quantitative estimate of drug-likeness (QED) is 0.673. The molecule has 2 aliphatic carbocycles. The lowest BCUT2D eigenvalue weighted by molar-refractivity contribution is 0.195. The van der Waals surface area contributed by atoms with Gasteiger partial charge in [-0.2, -0.15) is 0 Å². The van der Waals surface area contributed by atoms with E-state index in [1.807, 2.05) is 6.08 Å². The Morgan fingerprint density at radius 2 is 1.86 bits per heavy atom. The molecule has 2 rings (SSSR count). The molecule has 0 aromatic heterocycles. The summed E-state index contributed by atoms with van der Waals surface area (Å²) < 4.78 is 0. The van der Waals surface area contributed by atoms with Gasteiger partial charge in [-0.15, -0.1) is 0 Å². The van der Waals surface area contributed by atoms with E-state index in [-0.39, 0.29) is 0 Å². The maximum atomic E-state index is 9.76. The van der Waals surface area contributed by atoms with Crippen LogP contribution in [0.4, 0.5) is 0 Å². The highest BCUT2D eigenvalue weighted by Gasteiger charge is 2.22. The van der Waals surface area contributed by atoms with E-state index in [0.717, 1.165) is 5.57 Å². The highest BCUT2D eigenvalue weighted by molar-refractivity contribution is 5.30. The number of aliphatic hydroxyl groups is 2. The van der Waals surface area contributed by atoms with Crippen LogP contribution >= 0.6 is 0 Å². The fourth-order valence-electron chi connectivity index (χ4n) is 2.48. The third-order valence-corrected chi connectivity index (χ3v) is 3.28. The van der Waals surface area contributed by atoms with Crippen LogP contribution in [0.15, 0.2) is 23.5 Å². The third kappa shape index (κ3) is 2.01. The standard InChI is InChI=1S/C12H18O2/c13-10-6-7-11(12(14)8-10)9-4-2-1-3-5-9/h6-7,9-10,13-14H,1-5,8H2. The van der Waals surface area contributed by atoms with Gasteiger partial charge in [0.05, 0.1) is 11.9 Å². The molecule has 2 aliphatic rings. The minimum Gasteiger partial charge on any atom is -0.512 e. The number of allylic oxidation sites excluding steroid dienone is 2. The Morgan fingerprint density at radius 3 is 2.50 bits per heavy atom. The van der Waals surface area contributed by atoms with E-state index in [4.69, 9.17) is 0 Å². The summed E-state index contributed by atoms with van der Waals surface area (Å²) in [6.45, 7) is 0. The molecule has 0 amide bonds. The molecule has 78 valence electrons. The average molecular weight is 194 g/mol. The van der Waals surface area contributed by atoms with E-state index in [1.54, 1.807) is 6.08 Å². The van der Waals surface area contributed by atoms with E-state index in [9.17, 15) is 10.2 Å². The second-order valence-corrected chi connectivity index (χ2v) is 4.37. The van der Waals surface area contributed by atoms with Gasteiger partial charge >= 0.3 is 0 Å². The van der Waals surface area contributed by atoms with Crippen molar-refractivity contribution in [2.75, 3.05) is 0 Å². The molecular weight excluding hydrogens is 176 g/mol. The molecule has 2 nitrogen and oxygen atoms in total. The van der Waals surface area contributed by atoms with E-state index < -0.39 is 6.10 Å². The Kier molecular flexibility index (Phi) is 2.92. The molecule has 0 aromatic rings. The Bertz CT molecular complexity index is 259. The Morgan fingerprint density at radius 1 is 1.14 bits per heavy atom. The van der Waals surface area contributed by atoms with Crippen LogP contribution in [0, 0.1) is 5.92 Å². The Hall–Kier alpha value is -0.760. The van der Waals surface area contributed by atoms with E-state index >= 15 is 0 Å². The van der Waals surface area contributed by atoms with Gasteiger partial charge in [-0.1, -0.05) is 31.4 Å². The monoisotopic (exact) mass is 194 g/mol. The van der Waals surface area contributed by atoms with Crippen LogP contribution in [-0.2, 0) is 0 Å². The average Bonchev–Trinajstić information content (AvgIpc) is 2.19. The molecule has 0 heterocycles. The van der Waals surface area contributed by atoms with Crippen molar-refractivity contribution in [2.24, 2.45) is 5.92 Å². The van der Waals surface area contributed by atoms with Crippen molar-refractivity contribution in [3.63, 3.8) is 0 Å². The molecule has 2 N–H and O–H groups in total. The lowest BCUT2D eigenvalue weighted by atomic mass is 9.81. The molecule has 2 heteroatoms.